The maximum absolute atomic E-state index is 10.7. The van der Waals surface area contributed by atoms with Gasteiger partial charge in [0.2, 0.25) is 0 Å². The first-order valence-electron chi connectivity index (χ1n) is 12.8. The van der Waals surface area contributed by atoms with E-state index >= 15 is 0 Å². The molecule has 1 unspecified atom stereocenters. The molecule has 0 fully saturated rings. The Labute approximate surface area is 216 Å². The summed E-state index contributed by atoms with van der Waals surface area (Å²) in [6, 6.07) is 22.5. The van der Waals surface area contributed by atoms with Gasteiger partial charge in [0.15, 0.2) is 0 Å². The predicted molar refractivity (Wildman–Crippen MR) is 149 cm³/mol. The summed E-state index contributed by atoms with van der Waals surface area (Å²) in [7, 11) is 0. The Morgan fingerprint density at radius 2 is 1.72 bits per heavy atom. The van der Waals surface area contributed by atoms with Crippen molar-refractivity contribution in [2.75, 3.05) is 6.61 Å². The number of hydrogen-bond acceptors (Lipinski definition) is 3. The zero-order valence-electron chi connectivity index (χ0n) is 22.1. The lowest BCUT2D eigenvalue weighted by atomic mass is 10.0. The van der Waals surface area contributed by atoms with E-state index in [2.05, 4.69) is 56.8 Å². The standard InChI is InChI=1S/C24H30O4.C8H10/c1-5-19-7-11-23(20(6-2)16-19)28-18(4)13-14-27-22-10-8-21(17(3)15-22)9-12-24(25)26;1-2-8-6-4-3-5-7-8/h6-8,10-11,15-16,18H,2,5,9,12-14H2,1,3-4H3,(H,25,26);3-7H,2H2,1H3. The van der Waals surface area contributed by atoms with Crippen LogP contribution in [-0.2, 0) is 24.1 Å². The van der Waals surface area contributed by atoms with Crippen LogP contribution in [0.3, 0.4) is 0 Å². The van der Waals surface area contributed by atoms with Gasteiger partial charge < -0.3 is 14.6 Å². The monoisotopic (exact) mass is 488 g/mol. The van der Waals surface area contributed by atoms with Crippen molar-refractivity contribution >= 4 is 12.0 Å². The summed E-state index contributed by atoms with van der Waals surface area (Å²) in [5, 5.41) is 8.81. The molecule has 192 valence electrons. The fourth-order valence-corrected chi connectivity index (χ4v) is 3.70. The van der Waals surface area contributed by atoms with Gasteiger partial charge in [-0.3, -0.25) is 4.79 Å². The minimum absolute atomic E-state index is 0.0158. The quantitative estimate of drug-likeness (QED) is 0.284. The van der Waals surface area contributed by atoms with Gasteiger partial charge in [-0.15, -0.1) is 0 Å². The Kier molecular flexibility index (Phi) is 12.3. The average Bonchev–Trinajstić information content (AvgIpc) is 2.89. The highest BCUT2D eigenvalue weighted by molar-refractivity contribution is 5.67. The van der Waals surface area contributed by atoms with Crippen molar-refractivity contribution in [1.29, 1.82) is 0 Å². The zero-order valence-corrected chi connectivity index (χ0v) is 22.1. The highest BCUT2D eigenvalue weighted by Crippen LogP contribution is 2.24. The predicted octanol–water partition coefficient (Wildman–Crippen LogP) is 7.70. The summed E-state index contributed by atoms with van der Waals surface area (Å²) in [4.78, 5) is 10.7. The van der Waals surface area contributed by atoms with Crippen LogP contribution in [0.5, 0.6) is 11.5 Å². The molecule has 4 nitrogen and oxygen atoms in total. The molecule has 4 heteroatoms. The van der Waals surface area contributed by atoms with Crippen molar-refractivity contribution in [3.05, 3.63) is 101 Å². The molecular formula is C32H40O4. The minimum atomic E-state index is -0.780. The van der Waals surface area contributed by atoms with Gasteiger partial charge in [-0.25, -0.2) is 0 Å². The molecule has 3 aromatic carbocycles. The van der Waals surface area contributed by atoms with E-state index in [1.807, 2.05) is 50.3 Å². The van der Waals surface area contributed by atoms with Crippen LogP contribution in [-0.4, -0.2) is 23.8 Å². The Morgan fingerprint density at radius 3 is 2.31 bits per heavy atom. The molecule has 0 aliphatic heterocycles. The van der Waals surface area contributed by atoms with Gasteiger partial charge in [0.1, 0.15) is 11.5 Å². The third-order valence-electron chi connectivity index (χ3n) is 6.00. The van der Waals surface area contributed by atoms with E-state index in [-0.39, 0.29) is 12.5 Å². The molecule has 0 spiro atoms. The number of carbonyl (C=O) groups is 1. The molecule has 0 bridgehead atoms. The third kappa shape index (κ3) is 9.99. The van der Waals surface area contributed by atoms with E-state index in [1.165, 1.54) is 11.1 Å². The number of ether oxygens (including phenoxy) is 2. The number of rotatable bonds is 12. The van der Waals surface area contributed by atoms with Gasteiger partial charge in [0, 0.05) is 18.4 Å². The lowest BCUT2D eigenvalue weighted by Crippen LogP contribution is -2.16. The molecule has 0 saturated carbocycles. The highest BCUT2D eigenvalue weighted by Gasteiger charge is 2.09. The van der Waals surface area contributed by atoms with Crippen molar-refractivity contribution in [1.82, 2.24) is 0 Å². The Morgan fingerprint density at radius 1 is 1.00 bits per heavy atom. The molecule has 3 rings (SSSR count). The van der Waals surface area contributed by atoms with Crippen molar-refractivity contribution in [2.24, 2.45) is 0 Å². The molecule has 0 aliphatic carbocycles. The summed E-state index contributed by atoms with van der Waals surface area (Å²) >= 11 is 0. The van der Waals surface area contributed by atoms with Crippen LogP contribution in [0.1, 0.15) is 61.4 Å². The number of benzene rings is 3. The van der Waals surface area contributed by atoms with Gasteiger partial charge in [-0.1, -0.05) is 69.0 Å². The first kappa shape index (κ1) is 28.7. The molecule has 0 saturated heterocycles. The van der Waals surface area contributed by atoms with Crippen molar-refractivity contribution < 1.29 is 19.4 Å². The van der Waals surface area contributed by atoms with E-state index < -0.39 is 5.97 Å². The Balaban J connectivity index is 0.000000482. The number of carboxylic acids is 1. The molecule has 0 amide bonds. The summed E-state index contributed by atoms with van der Waals surface area (Å²) in [5.74, 6) is 0.860. The van der Waals surface area contributed by atoms with Crippen LogP contribution < -0.4 is 9.47 Å². The molecular weight excluding hydrogens is 448 g/mol. The number of aliphatic carboxylic acids is 1. The summed E-state index contributed by atoms with van der Waals surface area (Å²) in [6.07, 6.45) is 5.40. The Bertz CT molecular complexity index is 1090. The van der Waals surface area contributed by atoms with E-state index in [0.717, 1.165) is 47.5 Å². The van der Waals surface area contributed by atoms with Gasteiger partial charge in [0.25, 0.3) is 0 Å². The normalized spacial score (nSPS) is 11.1. The maximum Gasteiger partial charge on any atom is 0.303 e. The van der Waals surface area contributed by atoms with Crippen molar-refractivity contribution in [3.63, 3.8) is 0 Å². The van der Waals surface area contributed by atoms with Gasteiger partial charge in [-0.2, -0.15) is 0 Å². The highest BCUT2D eigenvalue weighted by atomic mass is 16.5. The molecule has 36 heavy (non-hydrogen) atoms. The van der Waals surface area contributed by atoms with E-state index in [4.69, 9.17) is 14.6 Å². The molecule has 0 radical (unpaired) electrons. The average molecular weight is 489 g/mol. The number of carboxylic acid groups (broad SMARTS) is 1. The Hall–Kier alpha value is -3.53. The first-order valence-corrected chi connectivity index (χ1v) is 12.8. The fraction of sp³-hybridized carbons (Fsp3) is 0.344. The van der Waals surface area contributed by atoms with Crippen LogP contribution in [0.4, 0.5) is 0 Å². The second kappa shape index (κ2) is 15.5. The molecule has 1 atom stereocenters. The van der Waals surface area contributed by atoms with Gasteiger partial charge >= 0.3 is 5.97 Å². The summed E-state index contributed by atoms with van der Waals surface area (Å²) in [6.45, 7) is 12.7. The van der Waals surface area contributed by atoms with Crippen molar-refractivity contribution in [2.45, 2.75) is 65.9 Å². The molecule has 0 aliphatic rings. The van der Waals surface area contributed by atoms with Crippen molar-refractivity contribution in [3.8, 4) is 11.5 Å². The van der Waals surface area contributed by atoms with Crippen LogP contribution >= 0.6 is 0 Å². The van der Waals surface area contributed by atoms with E-state index in [0.29, 0.717) is 13.0 Å². The lowest BCUT2D eigenvalue weighted by molar-refractivity contribution is -0.136. The minimum Gasteiger partial charge on any atom is -0.493 e. The summed E-state index contributed by atoms with van der Waals surface area (Å²) in [5.41, 5.74) is 5.78. The zero-order chi connectivity index (χ0) is 26.3. The largest absolute Gasteiger partial charge is 0.493 e. The van der Waals surface area contributed by atoms with E-state index in [1.54, 1.807) is 0 Å². The second-order valence-electron chi connectivity index (χ2n) is 8.82. The number of aryl methyl sites for hydroxylation is 4. The SMILES string of the molecule is C=Cc1cc(CC)ccc1OC(C)CCOc1ccc(CCC(=O)O)c(C)c1.CCc1ccccc1. The lowest BCUT2D eigenvalue weighted by Gasteiger charge is -2.18. The summed E-state index contributed by atoms with van der Waals surface area (Å²) < 4.78 is 11.9. The third-order valence-corrected chi connectivity index (χ3v) is 6.00. The van der Waals surface area contributed by atoms with Crippen LogP contribution in [0, 0.1) is 6.92 Å². The van der Waals surface area contributed by atoms with E-state index in [9.17, 15) is 4.79 Å². The fourth-order valence-electron chi connectivity index (χ4n) is 3.70. The van der Waals surface area contributed by atoms with Gasteiger partial charge in [-0.05, 0) is 79.6 Å². The molecule has 0 aromatic heterocycles. The molecule has 3 aromatic rings. The van der Waals surface area contributed by atoms with Crippen LogP contribution in [0.15, 0.2) is 73.3 Å². The maximum atomic E-state index is 10.7. The smallest absolute Gasteiger partial charge is 0.303 e. The van der Waals surface area contributed by atoms with Crippen LogP contribution in [0.25, 0.3) is 6.08 Å². The van der Waals surface area contributed by atoms with Crippen LogP contribution in [0.2, 0.25) is 0 Å². The second-order valence-corrected chi connectivity index (χ2v) is 8.82. The first-order chi connectivity index (χ1) is 17.4. The van der Waals surface area contributed by atoms with Gasteiger partial charge in [0.05, 0.1) is 12.7 Å². The molecule has 1 N–H and O–H groups in total. The molecule has 0 heterocycles. The number of hydrogen-bond donors (Lipinski definition) is 1. The topological polar surface area (TPSA) is 55.8 Å².